The van der Waals surface area contributed by atoms with Crippen LogP contribution in [0.4, 0.5) is 5.13 Å². The first-order valence-corrected chi connectivity index (χ1v) is 7.55. The molecular formula is C15H16N2O3S. The summed E-state index contributed by atoms with van der Waals surface area (Å²) in [7, 11) is 1.61. The van der Waals surface area contributed by atoms with Crippen molar-refractivity contribution < 1.29 is 14.3 Å². The number of nitrogens with one attached hydrogen (secondary N) is 1. The topological polar surface area (TPSA) is 60.5 Å². The molecule has 1 amide bonds. The summed E-state index contributed by atoms with van der Waals surface area (Å²) in [4.78, 5) is 17.6. The average Bonchev–Trinajstić information content (AvgIpc) is 2.89. The summed E-state index contributed by atoms with van der Waals surface area (Å²) < 4.78 is 10.5. The Hall–Kier alpha value is -1.92. The number of fused-ring (bicyclic) bond motifs is 1. The molecule has 0 bridgehead atoms. The van der Waals surface area contributed by atoms with Gasteiger partial charge >= 0.3 is 0 Å². The molecule has 0 fully saturated rings. The second-order valence-electron chi connectivity index (χ2n) is 4.77. The fourth-order valence-corrected chi connectivity index (χ4v) is 3.17. The van der Waals surface area contributed by atoms with E-state index in [9.17, 15) is 4.79 Å². The summed E-state index contributed by atoms with van der Waals surface area (Å²) in [6, 6.07) is 7.50. The molecule has 0 unspecified atom stereocenters. The van der Waals surface area contributed by atoms with E-state index in [4.69, 9.17) is 9.47 Å². The number of carbonyl (C=O) groups is 1. The van der Waals surface area contributed by atoms with Crippen molar-refractivity contribution in [3.8, 4) is 5.75 Å². The third-order valence-electron chi connectivity index (χ3n) is 3.24. The normalized spacial score (nSPS) is 13.6. The molecule has 1 N–H and O–H groups in total. The number of benzene rings is 1. The summed E-state index contributed by atoms with van der Waals surface area (Å²) in [5.74, 6) is 0.678. The Morgan fingerprint density at radius 1 is 1.52 bits per heavy atom. The Morgan fingerprint density at radius 3 is 3.24 bits per heavy atom. The van der Waals surface area contributed by atoms with Gasteiger partial charge in [0.2, 0.25) is 5.91 Å². The maximum absolute atomic E-state index is 12.1. The fraction of sp³-hybridized carbons (Fsp3) is 0.333. The fourth-order valence-electron chi connectivity index (χ4n) is 2.21. The first kappa shape index (κ1) is 14.0. The third kappa shape index (κ3) is 3.40. The number of nitrogens with zero attached hydrogens (tertiary/aromatic N) is 1. The molecule has 2 aromatic rings. The Labute approximate surface area is 126 Å². The molecule has 1 aliphatic rings. The molecule has 21 heavy (non-hydrogen) atoms. The Kier molecular flexibility index (Phi) is 4.17. The van der Waals surface area contributed by atoms with Crippen LogP contribution in [0, 0.1) is 0 Å². The van der Waals surface area contributed by atoms with Gasteiger partial charge in [-0.15, -0.1) is 0 Å². The minimum atomic E-state index is -0.0738. The highest BCUT2D eigenvalue weighted by atomic mass is 32.1. The van der Waals surface area contributed by atoms with Crippen LogP contribution >= 0.6 is 11.3 Å². The Bertz CT molecular complexity index is 631. The second-order valence-corrected chi connectivity index (χ2v) is 5.85. The van der Waals surface area contributed by atoms with E-state index < -0.39 is 0 Å². The highest BCUT2D eigenvalue weighted by molar-refractivity contribution is 7.15. The third-order valence-corrected chi connectivity index (χ3v) is 4.23. The zero-order valence-corrected chi connectivity index (χ0v) is 12.5. The zero-order valence-electron chi connectivity index (χ0n) is 11.7. The number of thiazole rings is 1. The van der Waals surface area contributed by atoms with Gasteiger partial charge in [-0.25, -0.2) is 4.98 Å². The number of rotatable bonds is 4. The number of hydrogen-bond donors (Lipinski definition) is 1. The van der Waals surface area contributed by atoms with Crippen molar-refractivity contribution in [1.29, 1.82) is 0 Å². The number of carbonyl (C=O) groups excluding carboxylic acids is 1. The number of methoxy groups -OCH3 is 1. The standard InChI is InChI=1S/C15H16N2O3S/c1-19-11-4-2-3-10(7-11)8-14(18)17-15-16-12-5-6-20-9-13(12)21-15/h2-4,7H,5-6,8-9H2,1H3,(H,16,17,18). The molecule has 2 heterocycles. The smallest absolute Gasteiger partial charge is 0.230 e. The molecule has 0 spiro atoms. The molecule has 0 radical (unpaired) electrons. The van der Waals surface area contributed by atoms with Crippen LogP contribution in [0.5, 0.6) is 5.75 Å². The summed E-state index contributed by atoms with van der Waals surface area (Å²) in [6.07, 6.45) is 1.12. The maximum Gasteiger partial charge on any atom is 0.230 e. The molecule has 0 saturated carbocycles. The molecule has 1 aliphatic heterocycles. The van der Waals surface area contributed by atoms with E-state index in [1.807, 2.05) is 24.3 Å². The van der Waals surface area contributed by atoms with Gasteiger partial charge in [0.25, 0.3) is 0 Å². The minimum Gasteiger partial charge on any atom is -0.497 e. The molecule has 0 atom stereocenters. The first-order valence-electron chi connectivity index (χ1n) is 6.73. The summed E-state index contributed by atoms with van der Waals surface area (Å²) >= 11 is 1.49. The van der Waals surface area contributed by atoms with Crippen molar-refractivity contribution in [3.63, 3.8) is 0 Å². The van der Waals surface area contributed by atoms with Crippen molar-refractivity contribution >= 4 is 22.4 Å². The monoisotopic (exact) mass is 304 g/mol. The van der Waals surface area contributed by atoms with Gasteiger partial charge in [-0.05, 0) is 17.7 Å². The van der Waals surface area contributed by atoms with E-state index in [0.717, 1.165) is 28.3 Å². The van der Waals surface area contributed by atoms with Crippen LogP contribution in [0.2, 0.25) is 0 Å². The van der Waals surface area contributed by atoms with Crippen LogP contribution < -0.4 is 10.1 Å². The predicted molar refractivity (Wildman–Crippen MR) is 80.8 cm³/mol. The highest BCUT2D eigenvalue weighted by Crippen LogP contribution is 2.27. The molecular weight excluding hydrogens is 288 g/mol. The van der Waals surface area contributed by atoms with E-state index in [2.05, 4.69) is 10.3 Å². The van der Waals surface area contributed by atoms with Gasteiger partial charge in [0, 0.05) is 6.42 Å². The lowest BCUT2D eigenvalue weighted by Crippen LogP contribution is -2.14. The number of aromatic nitrogens is 1. The summed E-state index contributed by atoms with van der Waals surface area (Å²) in [6.45, 7) is 1.30. The SMILES string of the molecule is COc1cccc(CC(=O)Nc2nc3c(s2)COCC3)c1. The molecule has 0 saturated heterocycles. The van der Waals surface area contributed by atoms with Crippen LogP contribution in [0.15, 0.2) is 24.3 Å². The van der Waals surface area contributed by atoms with Gasteiger partial charge in [-0.2, -0.15) is 0 Å². The van der Waals surface area contributed by atoms with Crippen molar-refractivity contribution in [1.82, 2.24) is 4.98 Å². The molecule has 3 rings (SSSR count). The van der Waals surface area contributed by atoms with Crippen molar-refractivity contribution in [2.75, 3.05) is 19.0 Å². The van der Waals surface area contributed by atoms with Crippen LogP contribution in [0.3, 0.4) is 0 Å². The van der Waals surface area contributed by atoms with E-state index in [0.29, 0.717) is 24.8 Å². The quantitative estimate of drug-likeness (QED) is 0.942. The molecule has 5 nitrogen and oxygen atoms in total. The molecule has 6 heteroatoms. The average molecular weight is 304 g/mol. The molecule has 110 valence electrons. The minimum absolute atomic E-state index is 0.0738. The lowest BCUT2D eigenvalue weighted by molar-refractivity contribution is -0.115. The van der Waals surface area contributed by atoms with Crippen LogP contribution in [-0.4, -0.2) is 24.6 Å². The number of ether oxygens (including phenoxy) is 2. The van der Waals surface area contributed by atoms with Crippen LogP contribution in [0.1, 0.15) is 16.1 Å². The maximum atomic E-state index is 12.1. The van der Waals surface area contributed by atoms with E-state index in [1.165, 1.54) is 11.3 Å². The van der Waals surface area contributed by atoms with Gasteiger partial charge < -0.3 is 14.8 Å². The molecule has 1 aromatic carbocycles. The highest BCUT2D eigenvalue weighted by Gasteiger charge is 2.16. The van der Waals surface area contributed by atoms with Gasteiger partial charge in [0.15, 0.2) is 5.13 Å². The van der Waals surface area contributed by atoms with Gasteiger partial charge in [0.05, 0.1) is 37.3 Å². The Balaban J connectivity index is 1.64. The van der Waals surface area contributed by atoms with Gasteiger partial charge in [0.1, 0.15) is 5.75 Å². The van der Waals surface area contributed by atoms with Crippen molar-refractivity contribution in [3.05, 3.63) is 40.4 Å². The van der Waals surface area contributed by atoms with E-state index in [-0.39, 0.29) is 5.91 Å². The van der Waals surface area contributed by atoms with E-state index >= 15 is 0 Å². The lowest BCUT2D eigenvalue weighted by Gasteiger charge is -2.08. The van der Waals surface area contributed by atoms with Crippen molar-refractivity contribution in [2.45, 2.75) is 19.4 Å². The molecule has 1 aromatic heterocycles. The second kappa shape index (κ2) is 6.24. The zero-order chi connectivity index (χ0) is 14.7. The number of anilines is 1. The van der Waals surface area contributed by atoms with Crippen molar-refractivity contribution in [2.24, 2.45) is 0 Å². The largest absolute Gasteiger partial charge is 0.497 e. The molecule has 0 aliphatic carbocycles. The Morgan fingerprint density at radius 2 is 2.43 bits per heavy atom. The number of amides is 1. The first-order chi connectivity index (χ1) is 10.2. The summed E-state index contributed by atoms with van der Waals surface area (Å²) in [5.41, 5.74) is 1.96. The van der Waals surface area contributed by atoms with E-state index in [1.54, 1.807) is 7.11 Å². The lowest BCUT2D eigenvalue weighted by atomic mass is 10.1. The van der Waals surface area contributed by atoms with Gasteiger partial charge in [-0.1, -0.05) is 23.5 Å². The predicted octanol–water partition coefficient (Wildman–Crippen LogP) is 2.41. The van der Waals surface area contributed by atoms with Crippen LogP contribution in [-0.2, 0) is 29.0 Å². The number of hydrogen-bond acceptors (Lipinski definition) is 5. The van der Waals surface area contributed by atoms with Gasteiger partial charge in [-0.3, -0.25) is 4.79 Å². The van der Waals surface area contributed by atoms with Crippen LogP contribution in [0.25, 0.3) is 0 Å². The summed E-state index contributed by atoms with van der Waals surface area (Å²) in [5, 5.41) is 3.51.